The molecule has 0 spiro atoms. The highest BCUT2D eigenvalue weighted by molar-refractivity contribution is 5.34. The summed E-state index contributed by atoms with van der Waals surface area (Å²) in [6, 6.07) is 0. The summed E-state index contributed by atoms with van der Waals surface area (Å²) in [4.78, 5) is 0. The minimum atomic E-state index is 0.199. The predicted molar refractivity (Wildman–Crippen MR) is 70.8 cm³/mol. The van der Waals surface area contributed by atoms with Crippen LogP contribution in [0.2, 0.25) is 0 Å². The quantitative estimate of drug-likeness (QED) is 0.662. The molecule has 0 amide bonds. The normalized spacial score (nSPS) is 36.2. The van der Waals surface area contributed by atoms with Crippen LogP contribution >= 0.6 is 0 Å². The third kappa shape index (κ3) is 3.38. The fourth-order valence-electron chi connectivity index (χ4n) is 2.49. The Morgan fingerprint density at radius 2 is 2.00 bits per heavy atom. The van der Waals surface area contributed by atoms with Gasteiger partial charge in [0.1, 0.15) is 24.6 Å². The predicted octanol–water partition coefficient (Wildman–Crippen LogP) is 2.06. The molecule has 2 unspecified atom stereocenters. The highest BCUT2D eigenvalue weighted by atomic mass is 16.6. The van der Waals surface area contributed by atoms with Crippen LogP contribution in [-0.4, -0.2) is 44.7 Å². The summed E-state index contributed by atoms with van der Waals surface area (Å²) in [5.74, 6) is 1.42. The van der Waals surface area contributed by atoms with Crippen molar-refractivity contribution in [1.29, 1.82) is 0 Å². The summed E-state index contributed by atoms with van der Waals surface area (Å²) >= 11 is 0. The van der Waals surface area contributed by atoms with Gasteiger partial charge < -0.3 is 18.9 Å². The molecule has 0 saturated carbocycles. The van der Waals surface area contributed by atoms with Gasteiger partial charge in [0.25, 0.3) is 0 Å². The fourth-order valence-corrected chi connectivity index (χ4v) is 2.49. The minimum Gasteiger partial charge on any atom is -0.491 e. The Bertz CT molecular complexity index is 380. The molecule has 1 aliphatic carbocycles. The van der Waals surface area contributed by atoms with E-state index in [1.54, 1.807) is 0 Å². The molecule has 0 aromatic carbocycles. The molecular weight excluding hydrogens is 244 g/mol. The molecule has 4 heteroatoms. The van der Waals surface area contributed by atoms with Crippen molar-refractivity contribution in [2.75, 3.05) is 26.4 Å². The van der Waals surface area contributed by atoms with Crippen LogP contribution in [0.25, 0.3) is 0 Å². The Balaban J connectivity index is 1.51. The number of hydrogen-bond donors (Lipinski definition) is 0. The van der Waals surface area contributed by atoms with Gasteiger partial charge in [0.15, 0.2) is 0 Å². The van der Waals surface area contributed by atoms with Crippen LogP contribution in [0.5, 0.6) is 0 Å². The molecule has 0 aromatic heterocycles. The third-order valence-corrected chi connectivity index (χ3v) is 3.89. The lowest BCUT2D eigenvalue weighted by molar-refractivity contribution is 0.0276. The van der Waals surface area contributed by atoms with Gasteiger partial charge in [0.05, 0.1) is 25.9 Å². The van der Waals surface area contributed by atoms with Gasteiger partial charge in [-0.05, 0) is 31.9 Å². The summed E-state index contributed by atoms with van der Waals surface area (Å²) in [6.45, 7) is 7.26. The molecule has 0 N–H and O–H groups in total. The van der Waals surface area contributed by atoms with E-state index in [1.807, 2.05) is 0 Å². The monoisotopic (exact) mass is 266 g/mol. The van der Waals surface area contributed by atoms with Gasteiger partial charge in [-0.15, -0.1) is 0 Å². The molecule has 0 bridgehead atoms. The topological polar surface area (TPSA) is 43.5 Å². The fraction of sp³-hybridized carbons (Fsp3) is 0.733. The van der Waals surface area contributed by atoms with Gasteiger partial charge in [0, 0.05) is 5.92 Å². The largest absolute Gasteiger partial charge is 0.491 e. The first-order chi connectivity index (χ1) is 9.28. The minimum absolute atomic E-state index is 0.199. The van der Waals surface area contributed by atoms with Gasteiger partial charge in [0.2, 0.25) is 0 Å². The van der Waals surface area contributed by atoms with Crippen LogP contribution in [0, 0.1) is 5.92 Å². The molecule has 2 fully saturated rings. The van der Waals surface area contributed by atoms with Crippen molar-refractivity contribution in [3.05, 3.63) is 23.5 Å². The van der Waals surface area contributed by atoms with E-state index in [4.69, 9.17) is 18.9 Å². The first kappa shape index (κ1) is 13.2. The second kappa shape index (κ2) is 5.65. The second-order valence-electron chi connectivity index (χ2n) is 5.41. The Labute approximate surface area is 114 Å². The summed E-state index contributed by atoms with van der Waals surface area (Å²) in [6.07, 6.45) is 6.14. The van der Waals surface area contributed by atoms with Gasteiger partial charge in [-0.25, -0.2) is 0 Å². The van der Waals surface area contributed by atoms with E-state index in [9.17, 15) is 0 Å². The molecule has 4 nitrogen and oxygen atoms in total. The molecule has 19 heavy (non-hydrogen) atoms. The number of allylic oxidation sites excluding steroid dienone is 3. The van der Waals surface area contributed by atoms with Crippen molar-refractivity contribution in [1.82, 2.24) is 0 Å². The Morgan fingerprint density at radius 3 is 2.63 bits per heavy atom. The van der Waals surface area contributed by atoms with E-state index in [0.717, 1.165) is 25.4 Å². The second-order valence-corrected chi connectivity index (χ2v) is 5.41. The summed E-state index contributed by atoms with van der Waals surface area (Å²) in [7, 11) is 0. The molecule has 2 saturated heterocycles. The average molecular weight is 266 g/mol. The lowest BCUT2D eigenvalue weighted by Crippen LogP contribution is -2.23. The first-order valence-electron chi connectivity index (χ1n) is 7.12. The van der Waals surface area contributed by atoms with Crippen molar-refractivity contribution >= 4 is 0 Å². The van der Waals surface area contributed by atoms with Crippen LogP contribution in [0.15, 0.2) is 23.5 Å². The average Bonchev–Trinajstić information content (AvgIpc) is 3.32. The van der Waals surface area contributed by atoms with Gasteiger partial charge in [-0.2, -0.15) is 0 Å². The molecule has 3 rings (SSSR count). The zero-order chi connectivity index (χ0) is 13.2. The molecule has 4 atom stereocenters. The zero-order valence-corrected chi connectivity index (χ0v) is 11.6. The molecule has 0 aromatic rings. The van der Waals surface area contributed by atoms with Gasteiger partial charge in [-0.3, -0.25) is 0 Å². The first-order valence-corrected chi connectivity index (χ1v) is 7.12. The highest BCUT2D eigenvalue weighted by Crippen LogP contribution is 2.36. The summed E-state index contributed by atoms with van der Waals surface area (Å²) in [5, 5.41) is 0. The zero-order valence-electron chi connectivity index (χ0n) is 11.6. The number of hydrogen-bond acceptors (Lipinski definition) is 4. The Kier molecular flexibility index (Phi) is 3.91. The highest BCUT2D eigenvalue weighted by Gasteiger charge is 2.32. The maximum atomic E-state index is 5.89. The van der Waals surface area contributed by atoms with Crippen LogP contribution in [-0.2, 0) is 18.9 Å². The van der Waals surface area contributed by atoms with Crippen molar-refractivity contribution in [2.24, 2.45) is 5.92 Å². The van der Waals surface area contributed by atoms with E-state index in [2.05, 4.69) is 26.0 Å². The van der Waals surface area contributed by atoms with Gasteiger partial charge in [-0.1, -0.05) is 6.08 Å². The summed E-state index contributed by atoms with van der Waals surface area (Å²) in [5.41, 5.74) is 1.27. The standard InChI is InChI=1S/C15H22O4/c1-3-13-14(10(2)16-6-11-7-17-11)4-5-15(13)19-9-12-8-18-12/h3,5,10-12,14H,4,6-9H2,1-2H3/b13-3+/t10-,11?,12?,14+/m0/s1. The molecule has 3 aliphatic rings. The van der Waals surface area contributed by atoms with Crippen molar-refractivity contribution in [2.45, 2.75) is 38.6 Å². The third-order valence-electron chi connectivity index (χ3n) is 3.89. The van der Waals surface area contributed by atoms with Crippen molar-refractivity contribution < 1.29 is 18.9 Å². The van der Waals surface area contributed by atoms with Crippen molar-refractivity contribution in [3.8, 4) is 0 Å². The van der Waals surface area contributed by atoms with Crippen LogP contribution in [0.1, 0.15) is 20.3 Å². The molecule has 2 heterocycles. The molecule has 106 valence electrons. The maximum absolute atomic E-state index is 5.89. The maximum Gasteiger partial charge on any atom is 0.118 e. The summed E-state index contributed by atoms with van der Waals surface area (Å²) < 4.78 is 22.1. The Hall–Kier alpha value is -0.840. The SMILES string of the molecule is C/C=C1/C(OCC2CO2)=CC[C@@H]1[C@H](C)OCC1CO1. The Morgan fingerprint density at radius 1 is 1.32 bits per heavy atom. The number of rotatable bonds is 7. The van der Waals surface area contributed by atoms with E-state index >= 15 is 0 Å². The van der Waals surface area contributed by atoms with E-state index < -0.39 is 0 Å². The van der Waals surface area contributed by atoms with Crippen LogP contribution in [0.4, 0.5) is 0 Å². The molecular formula is C15H22O4. The molecule has 0 radical (unpaired) electrons. The lowest BCUT2D eigenvalue weighted by Gasteiger charge is -2.22. The van der Waals surface area contributed by atoms with E-state index in [0.29, 0.717) is 31.3 Å². The lowest BCUT2D eigenvalue weighted by atomic mass is 9.95. The number of ether oxygens (including phenoxy) is 4. The smallest absolute Gasteiger partial charge is 0.118 e. The van der Waals surface area contributed by atoms with E-state index in [-0.39, 0.29) is 6.10 Å². The molecule has 2 aliphatic heterocycles. The van der Waals surface area contributed by atoms with Gasteiger partial charge >= 0.3 is 0 Å². The van der Waals surface area contributed by atoms with E-state index in [1.165, 1.54) is 5.57 Å². The van der Waals surface area contributed by atoms with Crippen LogP contribution in [0.3, 0.4) is 0 Å². The van der Waals surface area contributed by atoms with Crippen LogP contribution < -0.4 is 0 Å². The van der Waals surface area contributed by atoms with Crippen molar-refractivity contribution in [3.63, 3.8) is 0 Å². The number of epoxide rings is 2.